The lowest BCUT2D eigenvalue weighted by atomic mass is 9.98. The lowest BCUT2D eigenvalue weighted by Gasteiger charge is -2.23. The molecular formula is C11H14BrF2NO3S. The maximum atomic E-state index is 13.4. The van der Waals surface area contributed by atoms with Crippen LogP contribution >= 0.6 is 15.9 Å². The predicted octanol–water partition coefficient (Wildman–Crippen LogP) is 2.42. The van der Waals surface area contributed by atoms with Gasteiger partial charge in [-0.15, -0.1) is 0 Å². The van der Waals surface area contributed by atoms with Crippen LogP contribution in [0.25, 0.3) is 0 Å². The van der Waals surface area contributed by atoms with Crippen molar-refractivity contribution in [2.45, 2.75) is 13.8 Å². The number of sulfonamides is 1. The molecule has 0 fully saturated rings. The van der Waals surface area contributed by atoms with Gasteiger partial charge in [-0.1, -0.05) is 29.8 Å². The molecule has 0 unspecified atom stereocenters. The van der Waals surface area contributed by atoms with Crippen LogP contribution in [0.4, 0.5) is 8.78 Å². The Labute approximate surface area is 119 Å². The molecule has 1 aromatic carbocycles. The zero-order chi connectivity index (χ0) is 14.8. The summed E-state index contributed by atoms with van der Waals surface area (Å²) in [4.78, 5) is 0. The molecule has 0 aliphatic heterocycles. The molecule has 19 heavy (non-hydrogen) atoms. The Morgan fingerprint density at radius 2 is 1.95 bits per heavy atom. The van der Waals surface area contributed by atoms with E-state index in [9.17, 15) is 17.2 Å². The van der Waals surface area contributed by atoms with Gasteiger partial charge in [-0.3, -0.25) is 0 Å². The van der Waals surface area contributed by atoms with E-state index in [4.69, 9.17) is 9.88 Å². The van der Waals surface area contributed by atoms with Crippen molar-refractivity contribution < 1.29 is 21.9 Å². The summed E-state index contributed by atoms with van der Waals surface area (Å²) in [5.41, 5.74) is -0.821. The molecule has 0 aliphatic carbocycles. The molecule has 0 saturated carbocycles. The van der Waals surface area contributed by atoms with Gasteiger partial charge >= 0.3 is 0 Å². The van der Waals surface area contributed by atoms with Crippen LogP contribution in [-0.2, 0) is 10.0 Å². The summed E-state index contributed by atoms with van der Waals surface area (Å²) in [6.07, 6.45) is 0. The van der Waals surface area contributed by atoms with Gasteiger partial charge in [-0.25, -0.2) is 17.9 Å². The minimum Gasteiger partial charge on any atom is -0.490 e. The number of rotatable bonds is 5. The first kappa shape index (κ1) is 16.3. The third-order valence-corrected chi connectivity index (χ3v) is 3.81. The van der Waals surface area contributed by atoms with E-state index < -0.39 is 27.1 Å². The largest absolute Gasteiger partial charge is 0.490 e. The fourth-order valence-electron chi connectivity index (χ4n) is 1.50. The molecule has 0 aromatic heterocycles. The van der Waals surface area contributed by atoms with Gasteiger partial charge in [-0.05, 0) is 12.1 Å². The molecule has 0 spiro atoms. The van der Waals surface area contributed by atoms with E-state index in [1.54, 1.807) is 13.8 Å². The van der Waals surface area contributed by atoms with Gasteiger partial charge in [-0.2, -0.15) is 4.39 Å². The topological polar surface area (TPSA) is 69.4 Å². The quantitative estimate of drug-likeness (QED) is 0.822. The fraction of sp³-hybridized carbons (Fsp3) is 0.455. The highest BCUT2D eigenvalue weighted by Gasteiger charge is 2.26. The van der Waals surface area contributed by atoms with Crippen molar-refractivity contribution in [1.29, 1.82) is 0 Å². The van der Waals surface area contributed by atoms with Crippen LogP contribution in [0.5, 0.6) is 5.75 Å². The average Bonchev–Trinajstić information content (AvgIpc) is 2.17. The molecule has 1 rings (SSSR count). The number of ether oxygens (including phenoxy) is 1. The zero-order valence-corrected chi connectivity index (χ0v) is 12.8. The number of primary sulfonamides is 1. The second kappa shape index (κ2) is 5.72. The standard InChI is InChI=1S/C11H14BrF2NO3S/c1-11(2,6-19(15,16)17)5-18-9-4-7(12)3-8(13)10(9)14/h3-4H,5-6H2,1-2H3,(H2,15,16,17). The Morgan fingerprint density at radius 1 is 1.37 bits per heavy atom. The van der Waals surface area contributed by atoms with Gasteiger partial charge in [0.2, 0.25) is 15.8 Å². The van der Waals surface area contributed by atoms with E-state index in [-0.39, 0.29) is 18.1 Å². The number of nitrogens with two attached hydrogens (primary N) is 1. The van der Waals surface area contributed by atoms with E-state index in [2.05, 4.69) is 15.9 Å². The van der Waals surface area contributed by atoms with Crippen LogP contribution in [0.2, 0.25) is 0 Å². The van der Waals surface area contributed by atoms with Crippen LogP contribution in [0.1, 0.15) is 13.8 Å². The van der Waals surface area contributed by atoms with E-state index in [0.29, 0.717) is 4.47 Å². The molecule has 108 valence electrons. The third kappa shape index (κ3) is 5.42. The second-order valence-electron chi connectivity index (χ2n) is 4.96. The zero-order valence-electron chi connectivity index (χ0n) is 10.4. The first-order valence-electron chi connectivity index (χ1n) is 5.28. The van der Waals surface area contributed by atoms with Crippen molar-refractivity contribution in [1.82, 2.24) is 0 Å². The van der Waals surface area contributed by atoms with Gasteiger partial charge in [0.1, 0.15) is 0 Å². The van der Waals surface area contributed by atoms with Gasteiger partial charge < -0.3 is 4.74 Å². The van der Waals surface area contributed by atoms with Gasteiger partial charge in [0.25, 0.3) is 0 Å². The van der Waals surface area contributed by atoms with E-state index in [1.807, 2.05) is 0 Å². The Bertz CT molecular complexity index is 576. The molecule has 1 aromatic rings. The van der Waals surface area contributed by atoms with Crippen molar-refractivity contribution in [2.24, 2.45) is 10.6 Å². The summed E-state index contributed by atoms with van der Waals surface area (Å²) in [6, 6.07) is 2.24. The van der Waals surface area contributed by atoms with Gasteiger partial charge in [0.15, 0.2) is 11.6 Å². The first-order chi connectivity index (χ1) is 8.50. The molecule has 0 bridgehead atoms. The smallest absolute Gasteiger partial charge is 0.209 e. The summed E-state index contributed by atoms with van der Waals surface area (Å²) in [6.45, 7) is 3.09. The minimum atomic E-state index is -3.67. The Hall–Kier alpha value is -0.730. The maximum Gasteiger partial charge on any atom is 0.209 e. The van der Waals surface area contributed by atoms with Crippen molar-refractivity contribution in [2.75, 3.05) is 12.4 Å². The first-order valence-corrected chi connectivity index (χ1v) is 7.79. The Balaban J connectivity index is 2.82. The van der Waals surface area contributed by atoms with Crippen LogP contribution in [0.3, 0.4) is 0 Å². The van der Waals surface area contributed by atoms with Crippen molar-refractivity contribution >= 4 is 26.0 Å². The van der Waals surface area contributed by atoms with Crippen molar-refractivity contribution in [3.63, 3.8) is 0 Å². The lowest BCUT2D eigenvalue weighted by molar-refractivity contribution is 0.191. The molecule has 0 radical (unpaired) electrons. The normalized spacial score (nSPS) is 12.5. The van der Waals surface area contributed by atoms with Crippen LogP contribution in [0, 0.1) is 17.0 Å². The average molecular weight is 358 g/mol. The van der Waals surface area contributed by atoms with E-state index in [0.717, 1.165) is 6.07 Å². The lowest BCUT2D eigenvalue weighted by Crippen LogP contribution is -2.33. The molecule has 4 nitrogen and oxygen atoms in total. The summed E-state index contributed by atoms with van der Waals surface area (Å²) in [5.74, 6) is -2.77. The third-order valence-electron chi connectivity index (χ3n) is 2.17. The summed E-state index contributed by atoms with van der Waals surface area (Å²) >= 11 is 3.01. The monoisotopic (exact) mass is 357 g/mol. The van der Waals surface area contributed by atoms with Crippen LogP contribution in [0.15, 0.2) is 16.6 Å². The minimum absolute atomic E-state index is 0.115. The predicted molar refractivity (Wildman–Crippen MR) is 71.3 cm³/mol. The van der Waals surface area contributed by atoms with Crippen LogP contribution < -0.4 is 9.88 Å². The number of hydrogen-bond acceptors (Lipinski definition) is 3. The van der Waals surface area contributed by atoms with Crippen molar-refractivity contribution in [3.8, 4) is 5.75 Å². The SMILES string of the molecule is CC(C)(COc1cc(Br)cc(F)c1F)CS(N)(=O)=O. The fourth-order valence-corrected chi connectivity index (χ4v) is 3.08. The Morgan fingerprint density at radius 3 is 2.47 bits per heavy atom. The maximum absolute atomic E-state index is 13.4. The number of benzene rings is 1. The Kier molecular flexibility index (Phi) is 4.91. The van der Waals surface area contributed by atoms with Gasteiger partial charge in [0, 0.05) is 9.89 Å². The van der Waals surface area contributed by atoms with Gasteiger partial charge in [0.05, 0.1) is 12.4 Å². The molecule has 0 aliphatic rings. The molecule has 2 N–H and O–H groups in total. The highest BCUT2D eigenvalue weighted by Crippen LogP contribution is 2.27. The number of hydrogen-bond donors (Lipinski definition) is 1. The number of halogens is 3. The van der Waals surface area contributed by atoms with Crippen molar-refractivity contribution in [3.05, 3.63) is 28.2 Å². The van der Waals surface area contributed by atoms with E-state index >= 15 is 0 Å². The second-order valence-corrected chi connectivity index (χ2v) is 7.49. The summed E-state index contributed by atoms with van der Waals surface area (Å²) < 4.78 is 54.1. The molecule has 8 heteroatoms. The molecular weight excluding hydrogens is 344 g/mol. The highest BCUT2D eigenvalue weighted by atomic mass is 79.9. The molecule has 0 amide bonds. The molecule has 0 heterocycles. The van der Waals surface area contributed by atoms with Crippen LogP contribution in [-0.4, -0.2) is 20.8 Å². The molecule has 0 atom stereocenters. The summed E-state index contributed by atoms with van der Waals surface area (Å²) in [7, 11) is -3.67. The molecule has 0 saturated heterocycles. The van der Waals surface area contributed by atoms with E-state index in [1.165, 1.54) is 6.07 Å². The summed E-state index contributed by atoms with van der Waals surface area (Å²) in [5, 5.41) is 4.94. The highest BCUT2D eigenvalue weighted by molar-refractivity contribution is 9.10.